The number of aliphatic imine (C=N–C) groups is 1. The number of halogens is 3. The smallest absolute Gasteiger partial charge is 0.363 e. The number of benzene rings is 3. The summed E-state index contributed by atoms with van der Waals surface area (Å²) < 4.78 is 13.1. The van der Waals surface area contributed by atoms with Crippen molar-refractivity contribution in [1.29, 1.82) is 0 Å². The molecular formula is C24H14Br2INO4. The summed E-state index contributed by atoms with van der Waals surface area (Å²) in [5.41, 5.74) is 2.90. The molecular weight excluding hydrogens is 653 g/mol. The predicted octanol–water partition coefficient (Wildman–Crippen LogP) is 6.69. The van der Waals surface area contributed by atoms with Gasteiger partial charge >= 0.3 is 11.9 Å². The van der Waals surface area contributed by atoms with E-state index in [1.165, 1.54) is 0 Å². The van der Waals surface area contributed by atoms with E-state index in [1.54, 1.807) is 30.3 Å². The Balaban J connectivity index is 1.60. The fourth-order valence-corrected chi connectivity index (χ4v) is 4.74. The Morgan fingerprint density at radius 1 is 1.06 bits per heavy atom. The van der Waals surface area contributed by atoms with Gasteiger partial charge in [0.25, 0.3) is 0 Å². The molecule has 1 aliphatic heterocycles. The Kier molecular flexibility index (Phi) is 6.92. The Hall–Kier alpha value is -2.30. The van der Waals surface area contributed by atoms with Gasteiger partial charge in [0.05, 0.1) is 14.5 Å². The summed E-state index contributed by atoms with van der Waals surface area (Å²) in [6.45, 7) is 1.85. The topological polar surface area (TPSA) is 65.0 Å². The Morgan fingerprint density at radius 2 is 1.72 bits per heavy atom. The maximum Gasteiger partial charge on any atom is 0.363 e. The van der Waals surface area contributed by atoms with Gasteiger partial charge < -0.3 is 9.47 Å². The maximum atomic E-state index is 12.6. The van der Waals surface area contributed by atoms with E-state index in [4.69, 9.17) is 9.47 Å². The minimum absolute atomic E-state index is 0.182. The molecule has 5 nitrogen and oxygen atoms in total. The van der Waals surface area contributed by atoms with Crippen molar-refractivity contribution in [3.63, 3.8) is 0 Å². The number of hydrogen-bond acceptors (Lipinski definition) is 5. The molecule has 32 heavy (non-hydrogen) atoms. The summed E-state index contributed by atoms with van der Waals surface area (Å²) in [4.78, 5) is 29.2. The molecule has 0 spiro atoms. The first-order chi connectivity index (χ1) is 15.3. The molecule has 0 N–H and O–H groups in total. The van der Waals surface area contributed by atoms with Crippen LogP contribution in [0.1, 0.15) is 27.0 Å². The van der Waals surface area contributed by atoms with E-state index in [9.17, 15) is 9.59 Å². The molecule has 0 fully saturated rings. The van der Waals surface area contributed by atoms with Crippen LogP contribution in [-0.4, -0.2) is 17.8 Å². The van der Waals surface area contributed by atoms with Crippen LogP contribution in [0.3, 0.4) is 0 Å². The monoisotopic (exact) mass is 665 g/mol. The summed E-state index contributed by atoms with van der Waals surface area (Å²) in [7, 11) is 0. The number of hydrogen-bond donors (Lipinski definition) is 0. The number of carbonyl (C=O) groups is 2. The summed E-state index contributed by atoms with van der Waals surface area (Å²) in [5, 5.41) is 0. The molecule has 4 rings (SSSR count). The van der Waals surface area contributed by atoms with Crippen molar-refractivity contribution in [3.8, 4) is 5.75 Å². The van der Waals surface area contributed by atoms with Crippen LogP contribution < -0.4 is 4.74 Å². The summed E-state index contributed by atoms with van der Waals surface area (Å²) in [6.07, 6.45) is 1.62. The van der Waals surface area contributed by atoms with Gasteiger partial charge in [-0.2, -0.15) is 0 Å². The minimum Gasteiger partial charge on any atom is -0.420 e. The van der Waals surface area contributed by atoms with Crippen LogP contribution in [0.25, 0.3) is 6.08 Å². The van der Waals surface area contributed by atoms with E-state index in [0.29, 0.717) is 25.8 Å². The number of esters is 2. The fraction of sp³-hybridized carbons (Fsp3) is 0.0417. The zero-order chi connectivity index (χ0) is 22.8. The van der Waals surface area contributed by atoms with Crippen molar-refractivity contribution >= 4 is 78.4 Å². The second-order valence-electron chi connectivity index (χ2n) is 6.86. The van der Waals surface area contributed by atoms with Crippen molar-refractivity contribution in [2.75, 3.05) is 0 Å². The Labute approximate surface area is 214 Å². The molecule has 0 unspecified atom stereocenters. The highest BCUT2D eigenvalue weighted by Gasteiger charge is 2.24. The third-order valence-corrected chi connectivity index (χ3v) is 6.49. The molecule has 3 aromatic carbocycles. The van der Waals surface area contributed by atoms with E-state index >= 15 is 0 Å². The molecule has 160 valence electrons. The largest absolute Gasteiger partial charge is 0.420 e. The highest BCUT2D eigenvalue weighted by Crippen LogP contribution is 2.36. The molecule has 1 heterocycles. The number of cyclic esters (lactones) is 1. The minimum atomic E-state index is -0.527. The number of carbonyl (C=O) groups excluding carboxylic acids is 2. The molecule has 0 atom stereocenters. The molecule has 0 aliphatic carbocycles. The fourth-order valence-electron chi connectivity index (χ4n) is 2.99. The lowest BCUT2D eigenvalue weighted by atomic mass is 10.1. The molecule has 8 heteroatoms. The quantitative estimate of drug-likeness (QED) is 0.135. The standard InChI is InChI=1S/C24H14Br2INO4/c1-13-4-2-3-5-17(13)23(29)31-21-18(25)10-14(11-19(21)26)12-20-24(30)32-22(28-20)15-6-8-16(27)9-7-15/h2-12H,1H3/b20-12-. The summed E-state index contributed by atoms with van der Waals surface area (Å²) in [5.74, 6) is -0.375. The van der Waals surface area contributed by atoms with Gasteiger partial charge in [0, 0.05) is 9.13 Å². The van der Waals surface area contributed by atoms with Crippen molar-refractivity contribution < 1.29 is 19.1 Å². The van der Waals surface area contributed by atoms with Crippen LogP contribution in [0.2, 0.25) is 0 Å². The van der Waals surface area contributed by atoms with Crippen LogP contribution >= 0.6 is 54.5 Å². The number of aryl methyl sites for hydroxylation is 1. The lowest BCUT2D eigenvalue weighted by Crippen LogP contribution is -2.11. The second-order valence-corrected chi connectivity index (χ2v) is 9.82. The first kappa shape index (κ1) is 22.9. The predicted molar refractivity (Wildman–Crippen MR) is 138 cm³/mol. The van der Waals surface area contributed by atoms with Crippen LogP contribution in [0, 0.1) is 10.5 Å². The Bertz CT molecular complexity index is 1280. The SMILES string of the molecule is Cc1ccccc1C(=O)Oc1c(Br)cc(/C=C2\N=C(c3ccc(I)cc3)OC2=O)cc1Br. The average Bonchev–Trinajstić information content (AvgIpc) is 3.11. The molecule has 1 aliphatic rings. The third kappa shape index (κ3) is 5.02. The lowest BCUT2D eigenvalue weighted by molar-refractivity contribution is -0.129. The van der Waals surface area contributed by atoms with Gasteiger partial charge in [0.2, 0.25) is 5.90 Å². The van der Waals surface area contributed by atoms with E-state index in [0.717, 1.165) is 14.7 Å². The van der Waals surface area contributed by atoms with Crippen molar-refractivity contribution in [2.45, 2.75) is 6.92 Å². The number of nitrogens with zero attached hydrogens (tertiary/aromatic N) is 1. The van der Waals surface area contributed by atoms with Gasteiger partial charge in [-0.1, -0.05) is 18.2 Å². The van der Waals surface area contributed by atoms with Gasteiger partial charge in [-0.3, -0.25) is 0 Å². The van der Waals surface area contributed by atoms with E-state index < -0.39 is 11.9 Å². The zero-order valence-corrected chi connectivity index (χ0v) is 21.9. The average molecular weight is 667 g/mol. The van der Waals surface area contributed by atoms with Gasteiger partial charge in [-0.15, -0.1) is 0 Å². The first-order valence-electron chi connectivity index (χ1n) is 9.37. The molecule has 0 aromatic heterocycles. The molecule has 0 saturated heterocycles. The number of rotatable bonds is 4. The second kappa shape index (κ2) is 9.68. The Morgan fingerprint density at radius 3 is 2.38 bits per heavy atom. The van der Waals surface area contributed by atoms with Crippen molar-refractivity contribution in [1.82, 2.24) is 0 Å². The van der Waals surface area contributed by atoms with Gasteiger partial charge in [-0.05, 0) is 121 Å². The van der Waals surface area contributed by atoms with Gasteiger partial charge in [0.1, 0.15) is 0 Å². The van der Waals surface area contributed by atoms with E-state index in [1.807, 2.05) is 43.3 Å². The third-order valence-electron chi connectivity index (χ3n) is 4.60. The number of ether oxygens (including phenoxy) is 2. The molecule has 0 bridgehead atoms. The van der Waals surface area contributed by atoms with E-state index in [-0.39, 0.29) is 11.6 Å². The van der Waals surface area contributed by atoms with Crippen LogP contribution in [0.4, 0.5) is 0 Å². The highest BCUT2D eigenvalue weighted by atomic mass is 127. The highest BCUT2D eigenvalue weighted by molar-refractivity contribution is 14.1. The van der Waals surface area contributed by atoms with Crippen molar-refractivity contribution in [2.24, 2.45) is 4.99 Å². The zero-order valence-electron chi connectivity index (χ0n) is 16.6. The summed E-state index contributed by atoms with van der Waals surface area (Å²) in [6, 6.07) is 18.2. The molecule has 0 radical (unpaired) electrons. The van der Waals surface area contributed by atoms with Crippen molar-refractivity contribution in [3.05, 3.63) is 101 Å². The molecule has 0 saturated carbocycles. The maximum absolute atomic E-state index is 12.6. The van der Waals surface area contributed by atoms with E-state index in [2.05, 4.69) is 59.4 Å². The summed E-state index contributed by atoms with van der Waals surface area (Å²) >= 11 is 9.10. The molecule has 3 aromatic rings. The molecule has 0 amide bonds. The first-order valence-corrected chi connectivity index (χ1v) is 12.0. The van der Waals surface area contributed by atoms with Gasteiger partial charge in [-0.25, -0.2) is 14.6 Å². The van der Waals surface area contributed by atoms with Crippen LogP contribution in [0.15, 0.2) is 80.3 Å². The van der Waals surface area contributed by atoms with Crippen LogP contribution in [0.5, 0.6) is 5.75 Å². The van der Waals surface area contributed by atoms with Gasteiger partial charge in [0.15, 0.2) is 11.4 Å². The van der Waals surface area contributed by atoms with Crippen LogP contribution in [-0.2, 0) is 9.53 Å². The normalized spacial score (nSPS) is 14.3. The lowest BCUT2D eigenvalue weighted by Gasteiger charge is -2.11.